The van der Waals surface area contributed by atoms with Crippen LogP contribution in [0.5, 0.6) is 11.5 Å². The Labute approximate surface area is 240 Å². The predicted molar refractivity (Wildman–Crippen MR) is 159 cm³/mol. The topological polar surface area (TPSA) is 67.9 Å². The number of aryl methyl sites for hydroxylation is 1. The van der Waals surface area contributed by atoms with Crippen LogP contribution in [0.1, 0.15) is 58.3 Å². The first-order chi connectivity index (χ1) is 19.9. The first kappa shape index (κ1) is 26.6. The Morgan fingerprint density at radius 1 is 0.976 bits per heavy atom. The van der Waals surface area contributed by atoms with Crippen LogP contribution in [0.3, 0.4) is 0 Å². The highest BCUT2D eigenvalue weighted by molar-refractivity contribution is 5.99. The molecule has 2 heterocycles. The molecule has 1 saturated heterocycles. The van der Waals surface area contributed by atoms with Crippen molar-refractivity contribution in [1.29, 1.82) is 0 Å². The Balaban J connectivity index is 1.20. The molecule has 6 nitrogen and oxygen atoms in total. The fourth-order valence-electron chi connectivity index (χ4n) is 5.91. The summed E-state index contributed by atoms with van der Waals surface area (Å²) in [5, 5.41) is 3.01. The quantitative estimate of drug-likeness (QED) is 0.272. The molecular formula is C35H34N2O4. The number of rotatable bonds is 8. The first-order valence-electron chi connectivity index (χ1n) is 14.2. The maximum absolute atomic E-state index is 13.6. The molecule has 41 heavy (non-hydrogen) atoms. The maximum Gasteiger partial charge on any atom is 0.251 e. The number of hydrogen-bond donors (Lipinski definition) is 1. The molecule has 4 aromatic rings. The summed E-state index contributed by atoms with van der Waals surface area (Å²) in [6.07, 6.45) is 1.76. The lowest BCUT2D eigenvalue weighted by Crippen LogP contribution is -2.60. The number of ether oxygens (including phenoxy) is 2. The first-order valence-corrected chi connectivity index (χ1v) is 14.2. The van der Waals surface area contributed by atoms with E-state index in [9.17, 15) is 9.59 Å². The number of nitrogens with zero attached hydrogens (tertiary/aromatic N) is 1. The highest BCUT2D eigenvalue weighted by Crippen LogP contribution is 2.52. The van der Waals surface area contributed by atoms with Crippen molar-refractivity contribution in [3.8, 4) is 11.5 Å². The SMILES string of the molecule is Cc1ccc(CCNC(=O)c2cccc(N3C(=O)CC4CC3(C)Oc3c(OCc5ccccc5)cccc34)c2)cc1. The second kappa shape index (κ2) is 11.1. The van der Waals surface area contributed by atoms with Gasteiger partial charge in [0.15, 0.2) is 17.2 Å². The maximum atomic E-state index is 13.6. The van der Waals surface area contributed by atoms with Crippen molar-refractivity contribution >= 4 is 17.5 Å². The molecule has 0 spiro atoms. The second-order valence-electron chi connectivity index (χ2n) is 11.1. The second-order valence-corrected chi connectivity index (χ2v) is 11.1. The molecule has 1 N–H and O–H groups in total. The fourth-order valence-corrected chi connectivity index (χ4v) is 5.91. The molecule has 2 aliphatic rings. The molecule has 0 aliphatic carbocycles. The van der Waals surface area contributed by atoms with Gasteiger partial charge in [-0.3, -0.25) is 14.5 Å². The third-order valence-electron chi connectivity index (χ3n) is 7.96. The van der Waals surface area contributed by atoms with E-state index >= 15 is 0 Å². The lowest BCUT2D eigenvalue weighted by atomic mass is 9.80. The molecule has 4 aromatic carbocycles. The number of fused-ring (bicyclic) bond motifs is 4. The van der Waals surface area contributed by atoms with Crippen molar-refractivity contribution in [3.05, 3.63) is 125 Å². The van der Waals surface area contributed by atoms with E-state index in [4.69, 9.17) is 9.47 Å². The van der Waals surface area contributed by atoms with Crippen LogP contribution in [0, 0.1) is 6.92 Å². The number of amides is 2. The van der Waals surface area contributed by atoms with E-state index in [1.807, 2.05) is 67.6 Å². The molecule has 0 saturated carbocycles. The van der Waals surface area contributed by atoms with Gasteiger partial charge in [0, 0.05) is 42.1 Å². The van der Waals surface area contributed by atoms with Crippen molar-refractivity contribution in [2.45, 2.75) is 51.4 Å². The molecule has 0 radical (unpaired) electrons. The zero-order chi connectivity index (χ0) is 28.4. The minimum absolute atomic E-state index is 0.0260. The third kappa shape index (κ3) is 5.55. The van der Waals surface area contributed by atoms with Gasteiger partial charge in [-0.15, -0.1) is 0 Å². The molecule has 2 aliphatic heterocycles. The summed E-state index contributed by atoms with van der Waals surface area (Å²) in [6, 6.07) is 31.5. The van der Waals surface area contributed by atoms with Crippen molar-refractivity contribution < 1.29 is 19.1 Å². The number of para-hydroxylation sites is 1. The predicted octanol–water partition coefficient (Wildman–Crippen LogP) is 6.57. The fraction of sp³-hybridized carbons (Fsp3) is 0.257. The summed E-state index contributed by atoms with van der Waals surface area (Å²) in [4.78, 5) is 28.3. The Morgan fingerprint density at radius 3 is 2.56 bits per heavy atom. The third-order valence-corrected chi connectivity index (χ3v) is 7.96. The standard InChI is InChI=1S/C35H34N2O4/c1-24-14-16-25(17-15-24)18-19-36-34(39)27-10-6-11-29(20-27)37-32(38)21-28-22-35(37,2)41-33-30(28)12-7-13-31(33)40-23-26-8-4-3-5-9-26/h3-17,20,28H,18-19,21-23H2,1-2H3,(H,36,39). The molecule has 2 atom stereocenters. The van der Waals surface area contributed by atoms with E-state index in [0.29, 0.717) is 48.7 Å². The Bertz CT molecular complexity index is 1570. The minimum atomic E-state index is -0.917. The molecule has 1 fully saturated rings. The largest absolute Gasteiger partial charge is 0.485 e. The lowest BCUT2D eigenvalue weighted by Gasteiger charge is -2.50. The average Bonchev–Trinajstić information content (AvgIpc) is 2.97. The van der Waals surface area contributed by atoms with Crippen LogP contribution >= 0.6 is 0 Å². The molecule has 2 unspecified atom stereocenters. The normalized spacial score (nSPS) is 19.2. The number of carbonyl (C=O) groups is 2. The van der Waals surface area contributed by atoms with Crippen molar-refractivity contribution in [2.75, 3.05) is 11.4 Å². The van der Waals surface area contributed by atoms with E-state index in [1.54, 1.807) is 17.0 Å². The Hall–Kier alpha value is -4.58. The number of nitrogens with one attached hydrogen (secondary N) is 1. The van der Waals surface area contributed by atoms with Gasteiger partial charge in [-0.1, -0.05) is 78.4 Å². The summed E-state index contributed by atoms with van der Waals surface area (Å²) in [5.41, 5.74) is 4.69. The van der Waals surface area contributed by atoms with E-state index in [-0.39, 0.29) is 17.7 Å². The van der Waals surface area contributed by atoms with Gasteiger partial charge < -0.3 is 14.8 Å². The molecule has 6 heteroatoms. The van der Waals surface area contributed by atoms with E-state index in [0.717, 1.165) is 17.5 Å². The van der Waals surface area contributed by atoms with Gasteiger partial charge in [-0.25, -0.2) is 0 Å². The van der Waals surface area contributed by atoms with Crippen LogP contribution in [0.15, 0.2) is 97.1 Å². The van der Waals surface area contributed by atoms with E-state index in [1.165, 1.54) is 11.1 Å². The van der Waals surface area contributed by atoms with Crippen molar-refractivity contribution in [3.63, 3.8) is 0 Å². The van der Waals surface area contributed by atoms with Crippen molar-refractivity contribution in [2.24, 2.45) is 0 Å². The highest BCUT2D eigenvalue weighted by Gasteiger charge is 2.50. The smallest absolute Gasteiger partial charge is 0.251 e. The zero-order valence-corrected chi connectivity index (χ0v) is 23.4. The van der Waals surface area contributed by atoms with Gasteiger partial charge in [0.1, 0.15) is 6.61 Å². The van der Waals surface area contributed by atoms with Crippen LogP contribution in [-0.4, -0.2) is 24.1 Å². The zero-order valence-electron chi connectivity index (χ0n) is 23.4. The summed E-state index contributed by atoms with van der Waals surface area (Å²) in [5.74, 6) is 1.18. The van der Waals surface area contributed by atoms with E-state index in [2.05, 4.69) is 36.5 Å². The van der Waals surface area contributed by atoms with Gasteiger partial charge in [0.25, 0.3) is 5.91 Å². The van der Waals surface area contributed by atoms with Gasteiger partial charge in [0.05, 0.1) is 0 Å². The Morgan fingerprint density at radius 2 is 1.76 bits per heavy atom. The molecule has 2 amide bonds. The molecule has 6 rings (SSSR count). The summed E-state index contributed by atoms with van der Waals surface area (Å²) in [7, 11) is 0. The van der Waals surface area contributed by atoms with Gasteiger partial charge >= 0.3 is 0 Å². The van der Waals surface area contributed by atoms with Crippen LogP contribution in [-0.2, 0) is 17.8 Å². The highest BCUT2D eigenvalue weighted by atomic mass is 16.5. The molecule has 0 aromatic heterocycles. The van der Waals surface area contributed by atoms with Gasteiger partial charge in [0.2, 0.25) is 5.91 Å². The van der Waals surface area contributed by atoms with Crippen LogP contribution < -0.4 is 19.7 Å². The van der Waals surface area contributed by atoms with Gasteiger partial charge in [-0.05, 0) is 55.7 Å². The average molecular weight is 547 g/mol. The van der Waals surface area contributed by atoms with Crippen LogP contribution in [0.2, 0.25) is 0 Å². The molecular weight excluding hydrogens is 512 g/mol. The van der Waals surface area contributed by atoms with E-state index < -0.39 is 5.72 Å². The number of benzene rings is 4. The number of carbonyl (C=O) groups excluding carboxylic acids is 2. The summed E-state index contributed by atoms with van der Waals surface area (Å²) >= 11 is 0. The van der Waals surface area contributed by atoms with Crippen LogP contribution in [0.4, 0.5) is 5.69 Å². The van der Waals surface area contributed by atoms with Crippen molar-refractivity contribution in [1.82, 2.24) is 5.32 Å². The number of hydrogen-bond acceptors (Lipinski definition) is 4. The molecule has 208 valence electrons. The summed E-state index contributed by atoms with van der Waals surface area (Å²) < 4.78 is 12.9. The van der Waals surface area contributed by atoms with Crippen LogP contribution in [0.25, 0.3) is 0 Å². The lowest BCUT2D eigenvalue weighted by molar-refractivity contribution is -0.127. The molecule has 2 bridgehead atoms. The monoisotopic (exact) mass is 546 g/mol. The summed E-state index contributed by atoms with van der Waals surface area (Å²) in [6.45, 7) is 4.95. The Kier molecular flexibility index (Phi) is 7.23. The number of piperidine rings is 1. The van der Waals surface area contributed by atoms with Gasteiger partial charge in [-0.2, -0.15) is 0 Å². The minimum Gasteiger partial charge on any atom is -0.485 e. The number of anilines is 1.